The average Bonchev–Trinajstić information content (AvgIpc) is 2.91. The molecule has 1 aromatic heterocycles. The summed E-state index contributed by atoms with van der Waals surface area (Å²) in [5, 5.41) is 20.3. The molecule has 21 heavy (non-hydrogen) atoms. The Labute approximate surface area is 126 Å². The molecule has 1 fully saturated rings. The summed E-state index contributed by atoms with van der Waals surface area (Å²) in [7, 11) is 1.60. The summed E-state index contributed by atoms with van der Waals surface area (Å²) in [4.78, 5) is 2.29. The fraction of sp³-hybridized carbons (Fsp3) is 0.750. The zero-order valence-electron chi connectivity index (χ0n) is 12.8. The van der Waals surface area contributed by atoms with Crippen molar-refractivity contribution in [3.63, 3.8) is 0 Å². The van der Waals surface area contributed by atoms with Crippen LogP contribution in [0.1, 0.15) is 44.0 Å². The molecular formula is C16H27NO4. The van der Waals surface area contributed by atoms with E-state index in [0.717, 1.165) is 19.4 Å². The van der Waals surface area contributed by atoms with E-state index in [0.29, 0.717) is 25.3 Å². The predicted octanol–water partition coefficient (Wildman–Crippen LogP) is 1.96. The molecule has 5 nitrogen and oxygen atoms in total. The molecule has 120 valence electrons. The van der Waals surface area contributed by atoms with E-state index >= 15 is 0 Å². The van der Waals surface area contributed by atoms with Crippen LogP contribution in [0.2, 0.25) is 0 Å². The molecule has 3 atom stereocenters. The van der Waals surface area contributed by atoms with E-state index in [1.54, 1.807) is 19.4 Å². The number of furan rings is 1. The summed E-state index contributed by atoms with van der Waals surface area (Å²) in [5.74, 6) is 0.622. The van der Waals surface area contributed by atoms with Crippen molar-refractivity contribution in [1.82, 2.24) is 4.90 Å². The van der Waals surface area contributed by atoms with Crippen molar-refractivity contribution in [1.29, 1.82) is 0 Å². The van der Waals surface area contributed by atoms with Crippen molar-refractivity contribution in [3.05, 3.63) is 24.2 Å². The molecule has 0 aliphatic carbocycles. The highest BCUT2D eigenvalue weighted by Gasteiger charge is 2.26. The molecule has 1 aliphatic rings. The fourth-order valence-corrected chi connectivity index (χ4v) is 3.11. The molecule has 0 bridgehead atoms. The lowest BCUT2D eigenvalue weighted by atomic mass is 10.0. The number of methoxy groups -OCH3 is 1. The van der Waals surface area contributed by atoms with E-state index in [2.05, 4.69) is 4.90 Å². The molecule has 2 heterocycles. The molecule has 2 N–H and O–H groups in total. The van der Waals surface area contributed by atoms with Gasteiger partial charge in [-0.1, -0.05) is 12.8 Å². The normalized spacial score (nSPS) is 23.7. The van der Waals surface area contributed by atoms with Gasteiger partial charge in [-0.25, -0.2) is 0 Å². The second-order valence-corrected chi connectivity index (χ2v) is 5.87. The maximum atomic E-state index is 10.3. The van der Waals surface area contributed by atoms with Gasteiger partial charge in [-0.05, 0) is 37.9 Å². The summed E-state index contributed by atoms with van der Waals surface area (Å²) in [6.07, 6.45) is 5.77. The van der Waals surface area contributed by atoms with Crippen molar-refractivity contribution in [2.45, 2.75) is 50.4 Å². The number of hydrogen-bond acceptors (Lipinski definition) is 5. The van der Waals surface area contributed by atoms with E-state index in [4.69, 9.17) is 9.15 Å². The zero-order chi connectivity index (χ0) is 15.1. The Balaban J connectivity index is 1.94. The molecular weight excluding hydrogens is 270 g/mol. The van der Waals surface area contributed by atoms with Crippen LogP contribution in [0.15, 0.2) is 22.8 Å². The molecule has 1 aromatic rings. The van der Waals surface area contributed by atoms with Gasteiger partial charge in [0.25, 0.3) is 0 Å². The Morgan fingerprint density at radius 1 is 1.38 bits per heavy atom. The van der Waals surface area contributed by atoms with Crippen molar-refractivity contribution in [3.8, 4) is 0 Å². The van der Waals surface area contributed by atoms with E-state index in [-0.39, 0.29) is 6.04 Å². The number of β-amino-alcohol motifs (C(OH)–C–C–N with tert-alkyl or cyclic N) is 1. The maximum absolute atomic E-state index is 10.3. The molecule has 2 rings (SSSR count). The highest BCUT2D eigenvalue weighted by molar-refractivity contribution is 5.02. The van der Waals surface area contributed by atoms with Crippen molar-refractivity contribution < 1.29 is 19.4 Å². The summed E-state index contributed by atoms with van der Waals surface area (Å²) >= 11 is 0. The third-order valence-corrected chi connectivity index (χ3v) is 4.17. The molecule has 0 amide bonds. The maximum Gasteiger partial charge on any atom is 0.132 e. The van der Waals surface area contributed by atoms with Gasteiger partial charge in [0.05, 0.1) is 19.0 Å². The van der Waals surface area contributed by atoms with Crippen LogP contribution in [-0.2, 0) is 4.74 Å². The van der Waals surface area contributed by atoms with Crippen LogP contribution in [0.5, 0.6) is 0 Å². The second kappa shape index (κ2) is 8.54. The lowest BCUT2D eigenvalue weighted by Gasteiger charge is -2.32. The molecule has 1 aliphatic heterocycles. The monoisotopic (exact) mass is 297 g/mol. The van der Waals surface area contributed by atoms with Crippen LogP contribution >= 0.6 is 0 Å². The van der Waals surface area contributed by atoms with Gasteiger partial charge >= 0.3 is 0 Å². The first-order chi connectivity index (χ1) is 10.2. The number of hydrogen-bond donors (Lipinski definition) is 2. The van der Waals surface area contributed by atoms with E-state index in [9.17, 15) is 10.2 Å². The quantitative estimate of drug-likeness (QED) is 0.805. The Kier molecular flexibility index (Phi) is 6.70. The van der Waals surface area contributed by atoms with Gasteiger partial charge in [0.2, 0.25) is 0 Å². The van der Waals surface area contributed by atoms with Crippen LogP contribution < -0.4 is 0 Å². The topological polar surface area (TPSA) is 66.1 Å². The fourth-order valence-electron chi connectivity index (χ4n) is 3.11. The molecule has 0 spiro atoms. The third-order valence-electron chi connectivity index (χ3n) is 4.17. The minimum Gasteiger partial charge on any atom is -0.467 e. The van der Waals surface area contributed by atoms with Gasteiger partial charge in [0, 0.05) is 19.7 Å². The van der Waals surface area contributed by atoms with Crippen molar-refractivity contribution in [2.75, 3.05) is 26.8 Å². The number of ether oxygens (including phenoxy) is 1. The standard InChI is InChI=1S/C16H27NO4/c1-20-12-14(18)11-17-8-4-2-3-6-13(17)10-15(19)16-7-5-9-21-16/h5,7,9,13-15,18-19H,2-4,6,8,10-12H2,1H3. The zero-order valence-corrected chi connectivity index (χ0v) is 12.8. The molecule has 3 unspecified atom stereocenters. The van der Waals surface area contributed by atoms with Gasteiger partial charge in [-0.3, -0.25) is 4.90 Å². The summed E-state index contributed by atoms with van der Waals surface area (Å²) in [5.41, 5.74) is 0. The Bertz CT molecular complexity index is 382. The minimum atomic E-state index is -0.579. The Hall–Kier alpha value is -0.880. The third kappa shape index (κ3) is 5.11. The summed E-state index contributed by atoms with van der Waals surface area (Å²) in [6.45, 7) is 1.92. The van der Waals surface area contributed by atoms with Crippen LogP contribution in [0.4, 0.5) is 0 Å². The lowest BCUT2D eigenvalue weighted by molar-refractivity contribution is 0.0161. The van der Waals surface area contributed by atoms with Gasteiger partial charge < -0.3 is 19.4 Å². The number of aliphatic hydroxyl groups excluding tert-OH is 2. The van der Waals surface area contributed by atoms with Crippen LogP contribution in [0.25, 0.3) is 0 Å². The second-order valence-electron chi connectivity index (χ2n) is 5.87. The van der Waals surface area contributed by atoms with Gasteiger partial charge in [0.1, 0.15) is 11.9 Å². The summed E-state index contributed by atoms with van der Waals surface area (Å²) in [6, 6.07) is 3.89. The number of aliphatic hydroxyl groups is 2. The lowest BCUT2D eigenvalue weighted by Crippen LogP contribution is -2.42. The minimum absolute atomic E-state index is 0.277. The number of likely N-dealkylation sites (tertiary alicyclic amines) is 1. The highest BCUT2D eigenvalue weighted by Crippen LogP contribution is 2.26. The highest BCUT2D eigenvalue weighted by atomic mass is 16.5. The van der Waals surface area contributed by atoms with Gasteiger partial charge in [0.15, 0.2) is 0 Å². The van der Waals surface area contributed by atoms with Crippen molar-refractivity contribution >= 4 is 0 Å². The predicted molar refractivity (Wildman–Crippen MR) is 80.0 cm³/mol. The van der Waals surface area contributed by atoms with Crippen LogP contribution in [-0.4, -0.2) is 54.1 Å². The number of nitrogens with zero attached hydrogens (tertiary/aromatic N) is 1. The average molecular weight is 297 g/mol. The summed E-state index contributed by atoms with van der Waals surface area (Å²) < 4.78 is 10.3. The molecule has 0 radical (unpaired) electrons. The molecule has 0 aromatic carbocycles. The Morgan fingerprint density at radius 2 is 2.24 bits per heavy atom. The smallest absolute Gasteiger partial charge is 0.132 e. The largest absolute Gasteiger partial charge is 0.467 e. The van der Waals surface area contributed by atoms with E-state index in [1.165, 1.54) is 12.8 Å². The molecule has 5 heteroatoms. The van der Waals surface area contributed by atoms with E-state index < -0.39 is 12.2 Å². The van der Waals surface area contributed by atoms with Gasteiger partial charge in [-0.15, -0.1) is 0 Å². The van der Waals surface area contributed by atoms with Crippen molar-refractivity contribution in [2.24, 2.45) is 0 Å². The van der Waals surface area contributed by atoms with Crippen LogP contribution in [0.3, 0.4) is 0 Å². The SMILES string of the molecule is COCC(O)CN1CCCCCC1CC(O)c1ccco1. The van der Waals surface area contributed by atoms with Gasteiger partial charge in [-0.2, -0.15) is 0 Å². The van der Waals surface area contributed by atoms with Crippen LogP contribution in [0, 0.1) is 0 Å². The first-order valence-electron chi connectivity index (χ1n) is 7.83. The first kappa shape index (κ1) is 16.5. The first-order valence-corrected chi connectivity index (χ1v) is 7.83. The molecule has 0 saturated carbocycles. The van der Waals surface area contributed by atoms with E-state index in [1.807, 2.05) is 6.07 Å². The molecule has 1 saturated heterocycles. The Morgan fingerprint density at radius 3 is 2.95 bits per heavy atom. The number of rotatable bonds is 7.